The highest BCUT2D eigenvalue weighted by atomic mass is 19.1. The van der Waals surface area contributed by atoms with Crippen LogP contribution in [0.4, 0.5) is 10.1 Å². The highest BCUT2D eigenvalue weighted by Crippen LogP contribution is 2.27. The first kappa shape index (κ1) is 17.4. The molecule has 2 aromatic carbocycles. The quantitative estimate of drug-likeness (QED) is 0.770. The van der Waals surface area contributed by atoms with E-state index in [2.05, 4.69) is 15.6 Å². The molecule has 1 aliphatic rings. The molecule has 1 amide bonds. The largest absolute Gasteiger partial charge is 0.365 e. The summed E-state index contributed by atoms with van der Waals surface area (Å²) in [5, 5.41) is 11.0. The van der Waals surface area contributed by atoms with Crippen molar-refractivity contribution < 1.29 is 13.9 Å². The lowest BCUT2D eigenvalue weighted by molar-refractivity contribution is -0.00174. The van der Waals surface area contributed by atoms with Crippen molar-refractivity contribution in [2.75, 3.05) is 5.32 Å². The van der Waals surface area contributed by atoms with E-state index in [9.17, 15) is 9.18 Å². The zero-order chi connectivity index (χ0) is 19.0. The minimum absolute atomic E-state index is 0.213. The maximum absolute atomic E-state index is 13.1. The van der Waals surface area contributed by atoms with Crippen LogP contribution in [0, 0.1) is 19.7 Å². The van der Waals surface area contributed by atoms with Gasteiger partial charge in [0, 0.05) is 5.69 Å². The van der Waals surface area contributed by atoms with Gasteiger partial charge in [0.25, 0.3) is 5.91 Å². The summed E-state index contributed by atoms with van der Waals surface area (Å²) >= 11 is 0. The number of nitrogens with one attached hydrogen (secondary N) is 1. The molecule has 4 rings (SSSR count). The molecule has 0 spiro atoms. The van der Waals surface area contributed by atoms with Crippen LogP contribution in [0.25, 0.3) is 0 Å². The van der Waals surface area contributed by atoms with Crippen molar-refractivity contribution in [2.45, 2.75) is 33.1 Å². The van der Waals surface area contributed by atoms with E-state index in [0.717, 1.165) is 22.4 Å². The number of anilines is 1. The molecule has 0 aliphatic carbocycles. The zero-order valence-electron chi connectivity index (χ0n) is 15.1. The van der Waals surface area contributed by atoms with Gasteiger partial charge in [0.2, 0.25) is 0 Å². The van der Waals surface area contributed by atoms with E-state index in [1.54, 1.807) is 16.8 Å². The van der Waals surface area contributed by atoms with Crippen LogP contribution < -0.4 is 5.32 Å². The third-order valence-corrected chi connectivity index (χ3v) is 4.68. The molecule has 27 heavy (non-hydrogen) atoms. The van der Waals surface area contributed by atoms with E-state index in [-0.39, 0.29) is 30.1 Å². The van der Waals surface area contributed by atoms with Crippen LogP contribution in [0.5, 0.6) is 0 Å². The highest BCUT2D eigenvalue weighted by molar-refractivity contribution is 6.04. The maximum atomic E-state index is 13.1. The lowest BCUT2D eigenvalue weighted by Gasteiger charge is -2.24. The monoisotopic (exact) mass is 366 g/mol. The van der Waals surface area contributed by atoms with E-state index in [4.69, 9.17) is 4.74 Å². The minimum atomic E-state index is -0.313. The summed E-state index contributed by atoms with van der Waals surface area (Å²) in [6, 6.07) is 12.0. The topological polar surface area (TPSA) is 69.0 Å². The number of ether oxygens (including phenoxy) is 1. The average molecular weight is 366 g/mol. The lowest BCUT2D eigenvalue weighted by atomic mass is 10.1. The first-order valence-electron chi connectivity index (χ1n) is 8.69. The molecule has 1 aliphatic heterocycles. The second kappa shape index (κ2) is 6.92. The van der Waals surface area contributed by atoms with Gasteiger partial charge < -0.3 is 10.1 Å². The Hall–Kier alpha value is -3.06. The lowest BCUT2D eigenvalue weighted by Crippen LogP contribution is -2.24. The van der Waals surface area contributed by atoms with Crippen LogP contribution in [0.1, 0.15) is 39.0 Å². The maximum Gasteiger partial charge on any atom is 0.278 e. The van der Waals surface area contributed by atoms with Gasteiger partial charge in [-0.2, -0.15) is 0 Å². The molecule has 6 nitrogen and oxygen atoms in total. The molecule has 1 aromatic heterocycles. The van der Waals surface area contributed by atoms with Crippen LogP contribution in [-0.4, -0.2) is 20.9 Å². The van der Waals surface area contributed by atoms with Crippen LogP contribution >= 0.6 is 0 Å². The minimum Gasteiger partial charge on any atom is -0.365 e. The van der Waals surface area contributed by atoms with E-state index in [0.29, 0.717) is 12.2 Å². The number of rotatable bonds is 3. The van der Waals surface area contributed by atoms with Gasteiger partial charge in [-0.25, -0.2) is 9.07 Å². The first-order chi connectivity index (χ1) is 13.0. The molecular formula is C20H19FN4O2. The number of hydrogen-bond donors (Lipinski definition) is 1. The summed E-state index contributed by atoms with van der Waals surface area (Å²) in [6.07, 6.45) is -0.255. The average Bonchev–Trinajstić information content (AvgIpc) is 3.08. The third kappa shape index (κ3) is 3.46. The molecule has 2 heterocycles. The van der Waals surface area contributed by atoms with Gasteiger partial charge in [0.15, 0.2) is 5.69 Å². The molecule has 0 radical (unpaired) electrons. The van der Waals surface area contributed by atoms with Crippen LogP contribution in [-0.2, 0) is 17.9 Å². The number of aryl methyl sites for hydroxylation is 2. The molecule has 1 N–H and O–H groups in total. The Morgan fingerprint density at radius 3 is 2.74 bits per heavy atom. The summed E-state index contributed by atoms with van der Waals surface area (Å²) in [7, 11) is 0. The smallest absolute Gasteiger partial charge is 0.278 e. The van der Waals surface area contributed by atoms with Gasteiger partial charge in [-0.05, 0) is 43.2 Å². The zero-order valence-corrected chi connectivity index (χ0v) is 15.1. The van der Waals surface area contributed by atoms with E-state index < -0.39 is 0 Å². The summed E-state index contributed by atoms with van der Waals surface area (Å²) in [5.74, 6) is -0.603. The molecule has 138 valence electrons. The van der Waals surface area contributed by atoms with Gasteiger partial charge in [-0.3, -0.25) is 4.79 Å². The van der Waals surface area contributed by atoms with E-state index >= 15 is 0 Å². The van der Waals surface area contributed by atoms with Crippen LogP contribution in [0.15, 0.2) is 42.5 Å². The van der Waals surface area contributed by atoms with Gasteiger partial charge in [-0.15, -0.1) is 5.10 Å². The summed E-state index contributed by atoms with van der Waals surface area (Å²) < 4.78 is 20.6. The van der Waals surface area contributed by atoms with Gasteiger partial charge in [0.1, 0.15) is 11.9 Å². The number of hydrogen-bond acceptors (Lipinski definition) is 4. The molecule has 1 atom stereocenters. The molecule has 0 unspecified atom stereocenters. The Bertz CT molecular complexity index is 998. The second-order valence-corrected chi connectivity index (χ2v) is 6.69. The molecule has 0 bridgehead atoms. The van der Waals surface area contributed by atoms with Gasteiger partial charge in [0.05, 0.1) is 18.8 Å². The Morgan fingerprint density at radius 1 is 1.22 bits per heavy atom. The Morgan fingerprint density at radius 2 is 2.00 bits per heavy atom. The summed E-state index contributed by atoms with van der Waals surface area (Å²) in [6.45, 7) is 4.58. The van der Waals surface area contributed by atoms with Crippen molar-refractivity contribution in [1.29, 1.82) is 0 Å². The first-order valence-corrected chi connectivity index (χ1v) is 8.69. The number of carbonyl (C=O) groups is 1. The normalized spacial score (nSPS) is 16.0. The van der Waals surface area contributed by atoms with Crippen molar-refractivity contribution in [3.63, 3.8) is 0 Å². The number of aromatic nitrogens is 3. The third-order valence-electron chi connectivity index (χ3n) is 4.68. The van der Waals surface area contributed by atoms with Gasteiger partial charge >= 0.3 is 0 Å². The van der Waals surface area contributed by atoms with Crippen molar-refractivity contribution in [3.05, 3.63) is 76.4 Å². The SMILES string of the molecule is Cc1ccc(NC(=O)c2nnn3c2CO[C@@H](c2ccc(F)cc2)C3)c(C)c1. The fourth-order valence-corrected chi connectivity index (χ4v) is 3.20. The summed E-state index contributed by atoms with van der Waals surface area (Å²) in [4.78, 5) is 12.6. The molecule has 3 aromatic rings. The van der Waals surface area contributed by atoms with Crippen LogP contribution in [0.3, 0.4) is 0 Å². The number of benzene rings is 2. The summed E-state index contributed by atoms with van der Waals surface area (Å²) in [5.41, 5.74) is 4.61. The number of carbonyl (C=O) groups excluding carboxylic acids is 1. The number of halogens is 1. The predicted octanol–water partition coefficient (Wildman–Crippen LogP) is 3.56. The Balaban J connectivity index is 1.52. The van der Waals surface area contributed by atoms with E-state index in [1.165, 1.54) is 12.1 Å². The molecular weight excluding hydrogens is 347 g/mol. The number of nitrogens with zero attached hydrogens (tertiary/aromatic N) is 3. The van der Waals surface area contributed by atoms with Crippen LogP contribution in [0.2, 0.25) is 0 Å². The predicted molar refractivity (Wildman–Crippen MR) is 97.8 cm³/mol. The fourth-order valence-electron chi connectivity index (χ4n) is 3.20. The fraction of sp³-hybridized carbons (Fsp3) is 0.250. The second-order valence-electron chi connectivity index (χ2n) is 6.69. The molecule has 0 fully saturated rings. The van der Waals surface area contributed by atoms with Crippen molar-refractivity contribution in [3.8, 4) is 0 Å². The molecule has 0 saturated carbocycles. The molecule has 7 heteroatoms. The number of amides is 1. The van der Waals surface area contributed by atoms with Crippen molar-refractivity contribution in [1.82, 2.24) is 15.0 Å². The van der Waals surface area contributed by atoms with Crippen molar-refractivity contribution in [2.24, 2.45) is 0 Å². The standard InChI is InChI=1S/C20H19FN4O2/c1-12-3-8-16(13(2)9-12)22-20(26)19-17-11-27-18(10-25(17)24-23-19)14-4-6-15(21)7-5-14/h3-9,18H,10-11H2,1-2H3,(H,22,26)/t18-/m1/s1. The number of fused-ring (bicyclic) bond motifs is 1. The Kier molecular flexibility index (Phi) is 4.45. The van der Waals surface area contributed by atoms with Crippen molar-refractivity contribution >= 4 is 11.6 Å². The van der Waals surface area contributed by atoms with Gasteiger partial charge in [-0.1, -0.05) is 35.0 Å². The highest BCUT2D eigenvalue weighted by Gasteiger charge is 2.28. The Labute approximate surface area is 156 Å². The molecule has 0 saturated heterocycles. The van der Waals surface area contributed by atoms with E-state index in [1.807, 2.05) is 32.0 Å².